The molecule has 6 heteroatoms. The molecule has 2 aromatic rings. The van der Waals surface area contributed by atoms with E-state index in [0.717, 1.165) is 11.1 Å². The first kappa shape index (κ1) is 14.2. The molecular weight excluding hydrogens is 258 g/mol. The molecule has 0 saturated carbocycles. The summed E-state index contributed by atoms with van der Waals surface area (Å²) in [4.78, 5) is 14.9. The van der Waals surface area contributed by atoms with Gasteiger partial charge in [-0.2, -0.15) is 0 Å². The number of non-ortho nitro benzene ring substituents is 1. The Labute approximate surface area is 116 Å². The van der Waals surface area contributed by atoms with Gasteiger partial charge < -0.3 is 10.4 Å². The van der Waals surface area contributed by atoms with Gasteiger partial charge in [-0.15, -0.1) is 0 Å². The second-order valence-corrected chi connectivity index (χ2v) is 4.81. The zero-order valence-electron chi connectivity index (χ0n) is 11.5. The molecule has 106 valence electrons. The van der Waals surface area contributed by atoms with Crippen LogP contribution in [-0.4, -0.2) is 27.7 Å². The highest BCUT2D eigenvalue weighted by molar-refractivity contribution is 5.96. The number of nitro groups is 1. The number of hydrogen-bond acceptors (Lipinski definition) is 5. The number of nitro benzene ring substituents is 1. The fourth-order valence-corrected chi connectivity index (χ4v) is 2.07. The summed E-state index contributed by atoms with van der Waals surface area (Å²) in [5, 5.41) is 24.2. The number of aryl methyl sites for hydroxylation is 1. The van der Waals surface area contributed by atoms with Crippen molar-refractivity contribution in [1.82, 2.24) is 4.98 Å². The number of nitrogens with zero attached hydrogens (tertiary/aromatic N) is 2. The van der Waals surface area contributed by atoms with Crippen molar-refractivity contribution >= 4 is 22.3 Å². The SMILES string of the molecule is Cc1cc(NCCC(C)O)c2cccc([N+](=O)[O-])c2n1. The van der Waals surface area contributed by atoms with Gasteiger partial charge in [-0.25, -0.2) is 4.98 Å². The van der Waals surface area contributed by atoms with Crippen molar-refractivity contribution in [3.05, 3.63) is 40.1 Å². The van der Waals surface area contributed by atoms with Crippen LogP contribution in [0.1, 0.15) is 19.0 Å². The van der Waals surface area contributed by atoms with Gasteiger partial charge in [-0.1, -0.05) is 12.1 Å². The molecule has 6 nitrogen and oxygen atoms in total. The number of hydrogen-bond donors (Lipinski definition) is 2. The number of aliphatic hydroxyl groups excluding tert-OH is 1. The zero-order chi connectivity index (χ0) is 14.7. The Morgan fingerprint density at radius 3 is 2.90 bits per heavy atom. The van der Waals surface area contributed by atoms with E-state index in [1.54, 1.807) is 26.0 Å². The number of anilines is 1. The van der Waals surface area contributed by atoms with Crippen molar-refractivity contribution in [2.75, 3.05) is 11.9 Å². The molecule has 20 heavy (non-hydrogen) atoms. The molecule has 1 atom stereocenters. The molecule has 1 aromatic carbocycles. The predicted molar refractivity (Wildman–Crippen MR) is 77.9 cm³/mol. The van der Waals surface area contributed by atoms with Gasteiger partial charge in [-0.3, -0.25) is 10.1 Å². The maximum absolute atomic E-state index is 11.1. The molecule has 1 heterocycles. The number of para-hydroxylation sites is 1. The lowest BCUT2D eigenvalue weighted by molar-refractivity contribution is -0.383. The van der Waals surface area contributed by atoms with E-state index in [1.807, 2.05) is 6.07 Å². The molecule has 2 N–H and O–H groups in total. The van der Waals surface area contributed by atoms with Gasteiger partial charge in [0.15, 0.2) is 5.52 Å². The second kappa shape index (κ2) is 5.83. The highest BCUT2D eigenvalue weighted by Gasteiger charge is 2.15. The molecule has 0 bridgehead atoms. The van der Waals surface area contributed by atoms with E-state index in [1.165, 1.54) is 6.07 Å². The number of aromatic nitrogens is 1. The molecule has 2 rings (SSSR count). The predicted octanol–water partition coefficient (Wildman–Crippen LogP) is 2.63. The standard InChI is InChI=1S/C14H17N3O3/c1-9-8-12(15-7-6-10(2)18)11-4-3-5-13(17(19)20)14(11)16-9/h3-5,8,10,18H,6-7H2,1-2H3,(H,15,16). The quantitative estimate of drug-likeness (QED) is 0.647. The van der Waals surface area contributed by atoms with E-state index in [9.17, 15) is 15.2 Å². The highest BCUT2D eigenvalue weighted by atomic mass is 16.6. The lowest BCUT2D eigenvalue weighted by Gasteiger charge is -2.11. The Hall–Kier alpha value is -2.21. The summed E-state index contributed by atoms with van der Waals surface area (Å²) in [7, 11) is 0. The summed E-state index contributed by atoms with van der Waals surface area (Å²) in [6, 6.07) is 6.76. The van der Waals surface area contributed by atoms with Crippen molar-refractivity contribution in [2.24, 2.45) is 0 Å². The smallest absolute Gasteiger partial charge is 0.295 e. The maximum Gasteiger partial charge on any atom is 0.295 e. The van der Waals surface area contributed by atoms with Crippen molar-refractivity contribution in [3.63, 3.8) is 0 Å². The van der Waals surface area contributed by atoms with Crippen LogP contribution in [0.15, 0.2) is 24.3 Å². The summed E-state index contributed by atoms with van der Waals surface area (Å²) in [5.74, 6) is 0. The van der Waals surface area contributed by atoms with Gasteiger partial charge in [0, 0.05) is 29.4 Å². The van der Waals surface area contributed by atoms with E-state index in [-0.39, 0.29) is 11.8 Å². The van der Waals surface area contributed by atoms with Gasteiger partial charge in [0.1, 0.15) is 0 Å². The zero-order valence-corrected chi connectivity index (χ0v) is 11.5. The number of nitrogens with one attached hydrogen (secondary N) is 1. The Morgan fingerprint density at radius 2 is 2.25 bits per heavy atom. The van der Waals surface area contributed by atoms with Gasteiger partial charge in [0.05, 0.1) is 11.0 Å². The summed E-state index contributed by atoms with van der Waals surface area (Å²) in [5.41, 5.74) is 1.91. The summed E-state index contributed by atoms with van der Waals surface area (Å²) in [6.45, 7) is 4.12. The minimum Gasteiger partial charge on any atom is -0.393 e. The first-order valence-electron chi connectivity index (χ1n) is 6.45. The first-order chi connectivity index (χ1) is 9.49. The molecule has 0 saturated heterocycles. The van der Waals surface area contributed by atoms with Crippen molar-refractivity contribution in [3.8, 4) is 0 Å². The van der Waals surface area contributed by atoms with Gasteiger partial charge >= 0.3 is 0 Å². The van der Waals surface area contributed by atoms with Crippen LogP contribution in [0, 0.1) is 17.0 Å². The van der Waals surface area contributed by atoms with Crippen LogP contribution in [-0.2, 0) is 0 Å². The number of benzene rings is 1. The Bertz CT molecular complexity index is 641. The van der Waals surface area contributed by atoms with E-state index >= 15 is 0 Å². The van der Waals surface area contributed by atoms with Crippen LogP contribution in [0.4, 0.5) is 11.4 Å². The molecule has 0 aliphatic carbocycles. The molecular formula is C14H17N3O3. The molecule has 0 fully saturated rings. The Balaban J connectivity index is 2.44. The molecule has 0 radical (unpaired) electrons. The molecule has 0 spiro atoms. The van der Waals surface area contributed by atoms with Gasteiger partial charge in [-0.05, 0) is 26.3 Å². The van der Waals surface area contributed by atoms with Crippen LogP contribution >= 0.6 is 0 Å². The number of aliphatic hydroxyl groups is 1. The van der Waals surface area contributed by atoms with E-state index in [0.29, 0.717) is 24.2 Å². The van der Waals surface area contributed by atoms with E-state index in [4.69, 9.17) is 0 Å². The first-order valence-corrected chi connectivity index (χ1v) is 6.45. The van der Waals surface area contributed by atoms with E-state index < -0.39 is 4.92 Å². The monoisotopic (exact) mass is 275 g/mol. The largest absolute Gasteiger partial charge is 0.393 e. The minimum atomic E-state index is -0.422. The van der Waals surface area contributed by atoms with Gasteiger partial charge in [0.2, 0.25) is 0 Å². The third-order valence-corrected chi connectivity index (χ3v) is 3.02. The third-order valence-electron chi connectivity index (χ3n) is 3.02. The van der Waals surface area contributed by atoms with Crippen LogP contribution in [0.25, 0.3) is 10.9 Å². The Morgan fingerprint density at radius 1 is 1.50 bits per heavy atom. The molecule has 0 aliphatic rings. The average Bonchev–Trinajstić information content (AvgIpc) is 2.37. The van der Waals surface area contributed by atoms with Crippen molar-refractivity contribution in [1.29, 1.82) is 0 Å². The van der Waals surface area contributed by atoms with Crippen LogP contribution < -0.4 is 5.32 Å². The number of rotatable bonds is 5. The third kappa shape index (κ3) is 3.03. The average molecular weight is 275 g/mol. The fraction of sp³-hybridized carbons (Fsp3) is 0.357. The summed E-state index contributed by atoms with van der Waals surface area (Å²) in [6.07, 6.45) is 0.226. The van der Waals surface area contributed by atoms with Crippen LogP contribution in [0.2, 0.25) is 0 Å². The second-order valence-electron chi connectivity index (χ2n) is 4.81. The van der Waals surface area contributed by atoms with Crippen LogP contribution in [0.3, 0.4) is 0 Å². The maximum atomic E-state index is 11.1. The highest BCUT2D eigenvalue weighted by Crippen LogP contribution is 2.29. The molecule has 1 aromatic heterocycles. The van der Waals surface area contributed by atoms with Gasteiger partial charge in [0.25, 0.3) is 5.69 Å². The number of pyridine rings is 1. The summed E-state index contributed by atoms with van der Waals surface area (Å²) < 4.78 is 0. The van der Waals surface area contributed by atoms with Crippen molar-refractivity contribution < 1.29 is 10.0 Å². The van der Waals surface area contributed by atoms with Crippen LogP contribution in [0.5, 0.6) is 0 Å². The topological polar surface area (TPSA) is 88.3 Å². The Kier molecular flexibility index (Phi) is 4.14. The lowest BCUT2D eigenvalue weighted by Crippen LogP contribution is -2.10. The number of fused-ring (bicyclic) bond motifs is 1. The van der Waals surface area contributed by atoms with E-state index in [2.05, 4.69) is 10.3 Å². The normalized spacial score (nSPS) is 12.3. The fourth-order valence-electron chi connectivity index (χ4n) is 2.07. The van der Waals surface area contributed by atoms with Crippen molar-refractivity contribution in [2.45, 2.75) is 26.4 Å². The molecule has 0 amide bonds. The molecule has 1 unspecified atom stereocenters. The lowest BCUT2D eigenvalue weighted by atomic mass is 10.1. The molecule has 0 aliphatic heterocycles. The summed E-state index contributed by atoms with van der Waals surface area (Å²) >= 11 is 0. The minimum absolute atomic E-state index is 0.00442.